The largest absolute Gasteiger partial charge is 0.380 e. The fraction of sp³-hybridized carbons (Fsp3) is 0.455. The summed E-state index contributed by atoms with van der Waals surface area (Å²) in [6, 6.07) is 8.24. The highest BCUT2D eigenvalue weighted by molar-refractivity contribution is 9.10. The van der Waals surface area contributed by atoms with Crippen molar-refractivity contribution < 1.29 is 4.74 Å². The maximum absolute atomic E-state index is 5.97. The summed E-state index contributed by atoms with van der Waals surface area (Å²) in [5.41, 5.74) is 7.20. The molecule has 0 aromatic heterocycles. The molecule has 0 saturated heterocycles. The molecule has 0 fully saturated rings. The fourth-order valence-corrected chi connectivity index (χ4v) is 1.72. The Morgan fingerprint density at radius 1 is 1.50 bits per heavy atom. The smallest absolute Gasteiger partial charge is 0.0697 e. The van der Waals surface area contributed by atoms with Crippen molar-refractivity contribution in [3.05, 3.63) is 34.3 Å². The molecule has 2 atom stereocenters. The van der Waals surface area contributed by atoms with E-state index in [0.717, 1.165) is 10.9 Å². The molecule has 2 N–H and O–H groups in total. The fourth-order valence-electron chi connectivity index (χ4n) is 1.28. The van der Waals surface area contributed by atoms with Gasteiger partial charge in [-0.1, -0.05) is 28.1 Å². The summed E-state index contributed by atoms with van der Waals surface area (Å²) in [4.78, 5) is 0. The first-order valence-corrected chi connectivity index (χ1v) is 5.45. The lowest BCUT2D eigenvalue weighted by atomic mass is 10.0. The average Bonchev–Trinajstić information content (AvgIpc) is 2.16. The van der Waals surface area contributed by atoms with Gasteiger partial charge in [-0.2, -0.15) is 0 Å². The summed E-state index contributed by atoms with van der Waals surface area (Å²) in [5, 5.41) is 0. The van der Waals surface area contributed by atoms with Gasteiger partial charge in [-0.3, -0.25) is 0 Å². The molecule has 2 unspecified atom stereocenters. The second kappa shape index (κ2) is 5.49. The quantitative estimate of drug-likeness (QED) is 0.899. The van der Waals surface area contributed by atoms with Gasteiger partial charge in [-0.05, 0) is 31.0 Å². The standard InChI is InChI=1S/C11H16BrNO/c1-8(14-2)11(13)7-9-4-3-5-10(12)6-9/h3-6,8,11H,7,13H2,1-2H3. The van der Waals surface area contributed by atoms with Crippen LogP contribution in [0, 0.1) is 0 Å². The highest BCUT2D eigenvalue weighted by atomic mass is 79.9. The van der Waals surface area contributed by atoms with E-state index in [0.29, 0.717) is 0 Å². The van der Waals surface area contributed by atoms with Gasteiger partial charge in [0.15, 0.2) is 0 Å². The molecule has 0 bridgehead atoms. The zero-order chi connectivity index (χ0) is 10.6. The normalized spacial score (nSPS) is 15.1. The van der Waals surface area contributed by atoms with Crippen LogP contribution in [0.4, 0.5) is 0 Å². The molecule has 0 heterocycles. The van der Waals surface area contributed by atoms with Crippen molar-refractivity contribution in [1.29, 1.82) is 0 Å². The molecule has 0 saturated carbocycles. The van der Waals surface area contributed by atoms with Gasteiger partial charge in [0.25, 0.3) is 0 Å². The van der Waals surface area contributed by atoms with E-state index in [4.69, 9.17) is 10.5 Å². The van der Waals surface area contributed by atoms with Gasteiger partial charge in [0.05, 0.1) is 6.10 Å². The topological polar surface area (TPSA) is 35.2 Å². The minimum absolute atomic E-state index is 0.0503. The summed E-state index contributed by atoms with van der Waals surface area (Å²) in [6.45, 7) is 1.99. The van der Waals surface area contributed by atoms with Gasteiger partial charge < -0.3 is 10.5 Å². The zero-order valence-electron chi connectivity index (χ0n) is 8.53. The summed E-state index contributed by atoms with van der Waals surface area (Å²) < 4.78 is 6.27. The van der Waals surface area contributed by atoms with E-state index in [1.54, 1.807) is 7.11 Å². The van der Waals surface area contributed by atoms with Crippen LogP contribution in [0.5, 0.6) is 0 Å². The molecule has 1 aromatic rings. The van der Waals surface area contributed by atoms with Crippen LogP contribution in [0.3, 0.4) is 0 Å². The molecule has 78 valence electrons. The van der Waals surface area contributed by atoms with E-state index in [1.165, 1.54) is 5.56 Å². The molecule has 0 aliphatic heterocycles. The Morgan fingerprint density at radius 3 is 2.79 bits per heavy atom. The van der Waals surface area contributed by atoms with Crippen LogP contribution in [0.25, 0.3) is 0 Å². The van der Waals surface area contributed by atoms with Crippen LogP contribution < -0.4 is 5.73 Å². The number of benzene rings is 1. The van der Waals surface area contributed by atoms with Gasteiger partial charge in [0, 0.05) is 17.6 Å². The number of hydrogen-bond acceptors (Lipinski definition) is 2. The third-order valence-electron chi connectivity index (χ3n) is 2.34. The summed E-state index contributed by atoms with van der Waals surface area (Å²) in [5.74, 6) is 0. The number of methoxy groups -OCH3 is 1. The van der Waals surface area contributed by atoms with E-state index in [9.17, 15) is 0 Å². The molecule has 0 radical (unpaired) electrons. The van der Waals surface area contributed by atoms with Gasteiger partial charge in [0.2, 0.25) is 0 Å². The van der Waals surface area contributed by atoms with Crippen LogP contribution in [0.2, 0.25) is 0 Å². The summed E-state index contributed by atoms with van der Waals surface area (Å²) >= 11 is 3.43. The van der Waals surface area contributed by atoms with Crippen molar-refractivity contribution in [2.45, 2.75) is 25.5 Å². The summed E-state index contributed by atoms with van der Waals surface area (Å²) in [7, 11) is 1.69. The van der Waals surface area contributed by atoms with Crippen molar-refractivity contribution in [1.82, 2.24) is 0 Å². The number of hydrogen-bond donors (Lipinski definition) is 1. The third-order valence-corrected chi connectivity index (χ3v) is 2.83. The first kappa shape index (κ1) is 11.7. The van der Waals surface area contributed by atoms with Crippen LogP contribution >= 0.6 is 15.9 Å². The van der Waals surface area contributed by atoms with Crippen LogP contribution in [-0.4, -0.2) is 19.3 Å². The highest BCUT2D eigenvalue weighted by Gasteiger charge is 2.11. The van der Waals surface area contributed by atoms with E-state index in [1.807, 2.05) is 19.1 Å². The molecule has 0 amide bonds. The number of ether oxygens (including phenoxy) is 1. The van der Waals surface area contributed by atoms with E-state index in [-0.39, 0.29) is 12.1 Å². The third kappa shape index (κ3) is 3.40. The lowest BCUT2D eigenvalue weighted by molar-refractivity contribution is 0.0956. The van der Waals surface area contributed by atoms with E-state index in [2.05, 4.69) is 28.1 Å². The molecule has 0 spiro atoms. The molecule has 3 heteroatoms. The Balaban J connectivity index is 2.60. The van der Waals surface area contributed by atoms with Crippen molar-refractivity contribution >= 4 is 15.9 Å². The van der Waals surface area contributed by atoms with Gasteiger partial charge in [0.1, 0.15) is 0 Å². The first-order valence-electron chi connectivity index (χ1n) is 4.66. The van der Waals surface area contributed by atoms with Gasteiger partial charge in [-0.25, -0.2) is 0 Å². The maximum atomic E-state index is 5.97. The molecular weight excluding hydrogens is 242 g/mol. The minimum atomic E-state index is 0.0503. The van der Waals surface area contributed by atoms with Crippen molar-refractivity contribution in [2.24, 2.45) is 5.73 Å². The maximum Gasteiger partial charge on any atom is 0.0697 e. The lowest BCUT2D eigenvalue weighted by Gasteiger charge is -2.18. The van der Waals surface area contributed by atoms with Crippen molar-refractivity contribution in [3.8, 4) is 0 Å². The minimum Gasteiger partial charge on any atom is -0.380 e. The summed E-state index contributed by atoms with van der Waals surface area (Å²) in [6.07, 6.45) is 0.933. The van der Waals surface area contributed by atoms with E-state index >= 15 is 0 Å². The van der Waals surface area contributed by atoms with Crippen LogP contribution in [0.15, 0.2) is 28.7 Å². The first-order chi connectivity index (χ1) is 6.63. The molecule has 2 nitrogen and oxygen atoms in total. The monoisotopic (exact) mass is 257 g/mol. The molecular formula is C11H16BrNO. The Hall–Kier alpha value is -0.380. The zero-order valence-corrected chi connectivity index (χ0v) is 10.1. The molecule has 1 rings (SSSR count). The van der Waals surface area contributed by atoms with Crippen LogP contribution in [0.1, 0.15) is 12.5 Å². The average molecular weight is 258 g/mol. The van der Waals surface area contributed by atoms with Crippen molar-refractivity contribution in [2.75, 3.05) is 7.11 Å². The molecule has 14 heavy (non-hydrogen) atoms. The number of nitrogens with two attached hydrogens (primary N) is 1. The van der Waals surface area contributed by atoms with E-state index < -0.39 is 0 Å². The predicted molar refractivity (Wildman–Crippen MR) is 62.3 cm³/mol. The SMILES string of the molecule is COC(C)C(N)Cc1cccc(Br)c1. The van der Waals surface area contributed by atoms with Gasteiger partial charge in [-0.15, -0.1) is 0 Å². The second-order valence-electron chi connectivity index (χ2n) is 3.44. The molecule has 1 aromatic carbocycles. The Labute approximate surface area is 93.6 Å². The Kier molecular flexibility index (Phi) is 4.58. The van der Waals surface area contributed by atoms with Crippen LogP contribution in [-0.2, 0) is 11.2 Å². The predicted octanol–water partition coefficient (Wildman–Crippen LogP) is 2.35. The Bertz CT molecular complexity index is 290. The van der Waals surface area contributed by atoms with Crippen molar-refractivity contribution in [3.63, 3.8) is 0 Å². The lowest BCUT2D eigenvalue weighted by Crippen LogP contribution is -2.35. The van der Waals surface area contributed by atoms with Gasteiger partial charge >= 0.3 is 0 Å². The highest BCUT2D eigenvalue weighted by Crippen LogP contribution is 2.13. The molecule has 0 aliphatic carbocycles. The number of rotatable bonds is 4. The second-order valence-corrected chi connectivity index (χ2v) is 4.35. The molecule has 0 aliphatic rings. The Morgan fingerprint density at radius 2 is 2.21 bits per heavy atom. The number of halogens is 1.